The van der Waals surface area contributed by atoms with Crippen LogP contribution >= 0.6 is 0 Å². The monoisotopic (exact) mass is 542 g/mol. The normalized spacial score (nSPS) is 11.8. The van der Waals surface area contributed by atoms with Crippen LogP contribution in [0, 0.1) is 16.7 Å². The Labute approximate surface area is 234 Å². The van der Waals surface area contributed by atoms with Crippen molar-refractivity contribution in [2.45, 2.75) is 32.8 Å². The van der Waals surface area contributed by atoms with Crippen LogP contribution in [0.25, 0.3) is 0 Å². The fourth-order valence-electron chi connectivity index (χ4n) is 4.05. The van der Waals surface area contributed by atoms with Crippen LogP contribution in [0.5, 0.6) is 5.75 Å². The van der Waals surface area contributed by atoms with Crippen LogP contribution in [0.15, 0.2) is 84.9 Å². The van der Waals surface area contributed by atoms with Gasteiger partial charge in [0.2, 0.25) is 5.91 Å². The van der Waals surface area contributed by atoms with Crippen molar-refractivity contribution in [1.29, 1.82) is 5.26 Å². The molecule has 40 heavy (non-hydrogen) atoms. The van der Waals surface area contributed by atoms with Gasteiger partial charge in [-0.3, -0.25) is 10.1 Å². The van der Waals surface area contributed by atoms with Crippen molar-refractivity contribution in [1.82, 2.24) is 0 Å². The third-order valence-corrected chi connectivity index (χ3v) is 6.16. The second-order valence-electron chi connectivity index (χ2n) is 9.75. The molecule has 0 aliphatic rings. The number of carbonyl (C=O) groups is 2. The van der Waals surface area contributed by atoms with E-state index >= 15 is 0 Å². The molecule has 9 heteroatoms. The minimum Gasteiger partial charge on any atom is -0.491 e. The minimum atomic E-state index is -0.671. The van der Waals surface area contributed by atoms with Crippen LogP contribution in [0.3, 0.4) is 0 Å². The van der Waals surface area contributed by atoms with Gasteiger partial charge in [-0.25, -0.2) is 4.79 Å². The molecule has 0 radical (unpaired) electrons. The van der Waals surface area contributed by atoms with Gasteiger partial charge in [-0.2, -0.15) is 5.26 Å². The molecule has 9 nitrogen and oxygen atoms in total. The van der Waals surface area contributed by atoms with Gasteiger partial charge in [-0.05, 0) is 73.0 Å². The number of hydrogen-bond acceptors (Lipinski definition) is 7. The first-order valence-corrected chi connectivity index (χ1v) is 12.9. The zero-order chi connectivity index (χ0) is 29.0. The molecule has 0 aliphatic carbocycles. The Morgan fingerprint density at radius 3 is 2.52 bits per heavy atom. The number of ether oxygens (including phenoxy) is 2. The fraction of sp³-hybridized carbons (Fsp3) is 0.258. The van der Waals surface area contributed by atoms with Crippen molar-refractivity contribution in [2.24, 2.45) is 5.41 Å². The second kappa shape index (κ2) is 14.4. The third kappa shape index (κ3) is 8.89. The standard InChI is InChI=1S/C31H34N4O5/c1-31(2,17-6-5-12-28(37)35-27-11-4-3-10-26(27)33)29(23-8-7-9-25(20-23)39-19-18-36)40-30(38)34-24-15-13-22(21-32)14-16-24/h3-5,7-16,20,29,36H,6,17-19,33H2,1-2H3,(H,34,38)(H,35,37)/b12-5+/t29-/m0/s1. The molecule has 3 rings (SSSR count). The molecule has 0 spiro atoms. The highest BCUT2D eigenvalue weighted by Crippen LogP contribution is 2.41. The minimum absolute atomic E-state index is 0.126. The number of hydrogen-bond donors (Lipinski definition) is 4. The fourth-order valence-corrected chi connectivity index (χ4v) is 4.05. The number of nitriles is 1. The number of para-hydroxylation sites is 2. The van der Waals surface area contributed by atoms with Crippen molar-refractivity contribution in [3.05, 3.63) is 96.1 Å². The Balaban J connectivity index is 1.72. The molecule has 0 aliphatic heterocycles. The van der Waals surface area contributed by atoms with Gasteiger partial charge >= 0.3 is 6.09 Å². The summed E-state index contributed by atoms with van der Waals surface area (Å²) in [5.41, 5.74) is 8.05. The number of nitrogens with two attached hydrogens (primary N) is 1. The topological polar surface area (TPSA) is 147 Å². The van der Waals surface area contributed by atoms with Crippen LogP contribution in [-0.4, -0.2) is 30.3 Å². The summed E-state index contributed by atoms with van der Waals surface area (Å²) in [6, 6.07) is 22.7. The SMILES string of the molecule is CC(C)(CC/C=C/C(=O)Nc1ccccc1N)[C@@H](OC(=O)Nc1ccc(C#N)cc1)c1cccc(OCCO)c1. The van der Waals surface area contributed by atoms with E-state index in [1.54, 1.807) is 72.8 Å². The zero-order valence-corrected chi connectivity index (χ0v) is 22.6. The van der Waals surface area contributed by atoms with Crippen LogP contribution in [0.1, 0.15) is 43.9 Å². The summed E-state index contributed by atoms with van der Waals surface area (Å²) in [5.74, 6) is 0.249. The molecular formula is C31H34N4O5. The lowest BCUT2D eigenvalue weighted by Gasteiger charge is -2.34. The van der Waals surface area contributed by atoms with E-state index in [0.717, 1.165) is 5.56 Å². The molecule has 3 aromatic carbocycles. The van der Waals surface area contributed by atoms with Gasteiger partial charge in [0.1, 0.15) is 18.5 Å². The molecule has 0 bridgehead atoms. The molecule has 0 saturated carbocycles. The largest absolute Gasteiger partial charge is 0.491 e. The summed E-state index contributed by atoms with van der Waals surface area (Å²) in [6.07, 6.45) is 3.03. The highest BCUT2D eigenvalue weighted by molar-refractivity contribution is 6.01. The maximum atomic E-state index is 12.9. The van der Waals surface area contributed by atoms with E-state index in [1.165, 1.54) is 6.08 Å². The summed E-state index contributed by atoms with van der Waals surface area (Å²) in [5, 5.41) is 23.6. The van der Waals surface area contributed by atoms with E-state index in [0.29, 0.717) is 41.2 Å². The smallest absolute Gasteiger partial charge is 0.412 e. The Bertz CT molecular complexity index is 1360. The summed E-state index contributed by atoms with van der Waals surface area (Å²) < 4.78 is 11.5. The number of aliphatic hydroxyl groups is 1. The molecule has 1 atom stereocenters. The Kier molecular flexibility index (Phi) is 10.7. The molecule has 0 heterocycles. The van der Waals surface area contributed by atoms with Gasteiger partial charge in [0.15, 0.2) is 0 Å². The van der Waals surface area contributed by atoms with Gasteiger partial charge in [0.25, 0.3) is 0 Å². The van der Waals surface area contributed by atoms with Crippen molar-refractivity contribution < 1.29 is 24.2 Å². The van der Waals surface area contributed by atoms with Gasteiger partial charge < -0.3 is 25.6 Å². The van der Waals surface area contributed by atoms with Crippen molar-refractivity contribution in [3.63, 3.8) is 0 Å². The molecule has 0 saturated heterocycles. The molecule has 0 fully saturated rings. The highest BCUT2D eigenvalue weighted by Gasteiger charge is 2.34. The van der Waals surface area contributed by atoms with E-state index < -0.39 is 17.6 Å². The summed E-state index contributed by atoms with van der Waals surface area (Å²) >= 11 is 0. The number of nitrogen functional groups attached to an aromatic ring is 1. The van der Waals surface area contributed by atoms with Gasteiger partial charge in [-0.15, -0.1) is 0 Å². The van der Waals surface area contributed by atoms with Crippen LogP contribution in [-0.2, 0) is 9.53 Å². The molecule has 208 valence electrons. The number of anilines is 3. The van der Waals surface area contributed by atoms with Crippen molar-refractivity contribution in [2.75, 3.05) is 29.6 Å². The molecular weight excluding hydrogens is 508 g/mol. The first-order valence-electron chi connectivity index (χ1n) is 12.9. The number of nitrogens with zero attached hydrogens (tertiary/aromatic N) is 1. The quantitative estimate of drug-likeness (QED) is 0.167. The highest BCUT2D eigenvalue weighted by atomic mass is 16.6. The first-order chi connectivity index (χ1) is 19.2. The van der Waals surface area contributed by atoms with E-state index in [-0.39, 0.29) is 19.1 Å². The van der Waals surface area contributed by atoms with Crippen LogP contribution in [0.2, 0.25) is 0 Å². The lowest BCUT2D eigenvalue weighted by atomic mass is 9.78. The molecule has 3 aromatic rings. The summed E-state index contributed by atoms with van der Waals surface area (Å²) in [4.78, 5) is 25.3. The molecule has 0 aromatic heterocycles. The predicted molar refractivity (Wildman–Crippen MR) is 155 cm³/mol. The second-order valence-corrected chi connectivity index (χ2v) is 9.75. The predicted octanol–water partition coefficient (Wildman–Crippen LogP) is 5.80. The Morgan fingerprint density at radius 2 is 1.82 bits per heavy atom. The van der Waals surface area contributed by atoms with E-state index in [4.69, 9.17) is 25.6 Å². The first kappa shape index (κ1) is 29.7. The maximum absolute atomic E-state index is 12.9. The van der Waals surface area contributed by atoms with Gasteiger partial charge in [-0.1, -0.05) is 44.2 Å². The van der Waals surface area contributed by atoms with Crippen molar-refractivity contribution in [3.8, 4) is 11.8 Å². The number of amides is 2. The van der Waals surface area contributed by atoms with E-state index in [9.17, 15) is 9.59 Å². The number of nitrogens with one attached hydrogen (secondary N) is 2. The molecule has 5 N–H and O–H groups in total. The average Bonchev–Trinajstić information content (AvgIpc) is 2.94. The lowest BCUT2D eigenvalue weighted by molar-refractivity contribution is -0.111. The summed E-state index contributed by atoms with van der Waals surface area (Å²) in [7, 11) is 0. The number of carbonyl (C=O) groups excluding carboxylic acids is 2. The summed E-state index contributed by atoms with van der Waals surface area (Å²) in [6.45, 7) is 3.97. The van der Waals surface area contributed by atoms with Gasteiger partial charge in [0, 0.05) is 11.1 Å². The zero-order valence-electron chi connectivity index (χ0n) is 22.6. The Morgan fingerprint density at radius 1 is 1.07 bits per heavy atom. The maximum Gasteiger partial charge on any atom is 0.412 e. The number of allylic oxidation sites excluding steroid dienone is 1. The van der Waals surface area contributed by atoms with Crippen LogP contribution < -0.4 is 21.1 Å². The van der Waals surface area contributed by atoms with Crippen molar-refractivity contribution >= 4 is 29.1 Å². The van der Waals surface area contributed by atoms with Gasteiger partial charge in [0.05, 0.1) is 29.6 Å². The lowest BCUT2D eigenvalue weighted by Crippen LogP contribution is -2.29. The molecule has 0 unspecified atom stereocenters. The van der Waals surface area contributed by atoms with E-state index in [2.05, 4.69) is 10.6 Å². The number of aliphatic hydroxyl groups excluding tert-OH is 1. The third-order valence-electron chi connectivity index (χ3n) is 6.16. The van der Waals surface area contributed by atoms with Crippen LogP contribution in [0.4, 0.5) is 21.9 Å². The number of rotatable bonds is 12. The number of benzene rings is 3. The average molecular weight is 543 g/mol. The Hall–Kier alpha value is -4.81. The van der Waals surface area contributed by atoms with E-state index in [1.807, 2.05) is 26.0 Å². The molecule has 2 amide bonds.